The van der Waals surface area contributed by atoms with Crippen molar-refractivity contribution in [1.29, 1.82) is 0 Å². The van der Waals surface area contributed by atoms with Crippen molar-refractivity contribution >= 4 is 16.5 Å². The lowest BCUT2D eigenvalue weighted by molar-refractivity contribution is 0.658. The van der Waals surface area contributed by atoms with Crippen LogP contribution in [0.15, 0.2) is 24.3 Å². The summed E-state index contributed by atoms with van der Waals surface area (Å²) in [7, 11) is 4.10. The van der Waals surface area contributed by atoms with Crippen LogP contribution in [-0.4, -0.2) is 19.1 Å². The van der Waals surface area contributed by atoms with E-state index in [2.05, 4.69) is 62.3 Å². The highest BCUT2D eigenvalue weighted by Gasteiger charge is 2.15. The molecule has 2 rings (SSSR count). The third-order valence-corrected chi connectivity index (χ3v) is 5.10. The number of benzene rings is 1. The van der Waals surface area contributed by atoms with E-state index in [1.54, 1.807) is 11.3 Å². The van der Waals surface area contributed by atoms with E-state index in [1.165, 1.54) is 16.0 Å². The van der Waals surface area contributed by atoms with Crippen LogP contribution in [0.5, 0.6) is 0 Å². The molecular weight excluding hydrogens is 266 g/mol. The molecule has 0 bridgehead atoms. The monoisotopic (exact) mass is 289 g/mol. The van der Waals surface area contributed by atoms with Gasteiger partial charge in [0.2, 0.25) is 0 Å². The van der Waals surface area contributed by atoms with E-state index in [0.29, 0.717) is 6.04 Å². The van der Waals surface area contributed by atoms with Crippen LogP contribution in [0.2, 0.25) is 0 Å². The van der Waals surface area contributed by atoms with Gasteiger partial charge in [-0.1, -0.05) is 24.3 Å². The minimum atomic E-state index is 0.355. The molecule has 0 aliphatic heterocycles. The molecule has 1 unspecified atom stereocenters. The van der Waals surface area contributed by atoms with Crippen molar-refractivity contribution in [2.45, 2.75) is 33.4 Å². The molecule has 0 fully saturated rings. The lowest BCUT2D eigenvalue weighted by Crippen LogP contribution is -2.16. The summed E-state index contributed by atoms with van der Waals surface area (Å²) in [6.45, 7) is 7.31. The van der Waals surface area contributed by atoms with Crippen molar-refractivity contribution < 1.29 is 0 Å². The molecule has 3 nitrogen and oxygen atoms in total. The van der Waals surface area contributed by atoms with Crippen molar-refractivity contribution in [3.63, 3.8) is 0 Å². The Balaban J connectivity index is 2.18. The van der Waals surface area contributed by atoms with E-state index in [1.807, 2.05) is 7.05 Å². The molecule has 20 heavy (non-hydrogen) atoms. The van der Waals surface area contributed by atoms with Crippen LogP contribution < -0.4 is 10.2 Å². The highest BCUT2D eigenvalue weighted by atomic mass is 32.1. The third-order valence-electron chi connectivity index (χ3n) is 3.64. The molecule has 0 aliphatic carbocycles. The van der Waals surface area contributed by atoms with E-state index in [-0.39, 0.29) is 0 Å². The third kappa shape index (κ3) is 3.19. The van der Waals surface area contributed by atoms with Gasteiger partial charge in [-0.2, -0.15) is 0 Å². The second kappa shape index (κ2) is 6.37. The Hall–Kier alpha value is -1.39. The molecule has 0 saturated heterocycles. The van der Waals surface area contributed by atoms with Gasteiger partial charge in [0.1, 0.15) is 0 Å². The summed E-state index contributed by atoms with van der Waals surface area (Å²) in [6.07, 6.45) is 0. The molecule has 1 atom stereocenters. The first kappa shape index (κ1) is 15.0. The summed E-state index contributed by atoms with van der Waals surface area (Å²) in [4.78, 5) is 8.26. The molecule has 1 aromatic carbocycles. The zero-order valence-corrected chi connectivity index (χ0v) is 13.7. The summed E-state index contributed by atoms with van der Waals surface area (Å²) in [5, 5.41) is 4.37. The Morgan fingerprint density at radius 1 is 1.30 bits per heavy atom. The van der Waals surface area contributed by atoms with Gasteiger partial charge < -0.3 is 10.2 Å². The topological polar surface area (TPSA) is 28.2 Å². The quantitative estimate of drug-likeness (QED) is 0.910. The number of anilines is 1. The molecule has 0 spiro atoms. The number of hydrogen-bond acceptors (Lipinski definition) is 4. The van der Waals surface area contributed by atoms with Crippen LogP contribution in [-0.2, 0) is 6.54 Å². The minimum Gasteiger partial charge on any atom is -0.347 e. The zero-order chi connectivity index (χ0) is 14.7. The molecule has 0 saturated carbocycles. The van der Waals surface area contributed by atoms with Gasteiger partial charge in [-0.15, -0.1) is 11.3 Å². The first-order chi connectivity index (χ1) is 9.52. The molecule has 0 amide bonds. The molecule has 4 heteroatoms. The van der Waals surface area contributed by atoms with Gasteiger partial charge in [-0.3, -0.25) is 0 Å². The standard InChI is InChI=1S/C16H23N3S/c1-11-8-6-7-9-14(11)10-19(5)16-18-13(3)15(20-16)12(2)17-4/h6-9,12,17H,10H2,1-5H3. The van der Waals surface area contributed by atoms with Crippen LogP contribution in [0.25, 0.3) is 0 Å². The molecular formula is C16H23N3S. The molecule has 108 valence electrons. The van der Waals surface area contributed by atoms with E-state index >= 15 is 0 Å². The van der Waals surface area contributed by atoms with Crippen LogP contribution >= 0.6 is 11.3 Å². The molecule has 1 heterocycles. The predicted octanol–water partition coefficient (Wildman–Crippen LogP) is 3.68. The maximum absolute atomic E-state index is 4.71. The smallest absolute Gasteiger partial charge is 0.185 e. The Bertz CT molecular complexity index is 577. The first-order valence-corrected chi connectivity index (χ1v) is 7.74. The van der Waals surface area contributed by atoms with E-state index in [9.17, 15) is 0 Å². The number of hydrogen-bond donors (Lipinski definition) is 1. The van der Waals surface area contributed by atoms with Gasteiger partial charge in [-0.25, -0.2) is 4.98 Å². The number of nitrogens with zero attached hydrogens (tertiary/aromatic N) is 2. The highest BCUT2D eigenvalue weighted by Crippen LogP contribution is 2.30. The van der Waals surface area contributed by atoms with E-state index in [4.69, 9.17) is 4.98 Å². The largest absolute Gasteiger partial charge is 0.347 e. The number of aryl methyl sites for hydroxylation is 2. The fourth-order valence-electron chi connectivity index (χ4n) is 2.20. The molecule has 0 aliphatic rings. The lowest BCUT2D eigenvalue weighted by Gasteiger charge is -2.17. The zero-order valence-electron chi connectivity index (χ0n) is 12.9. The van der Waals surface area contributed by atoms with Gasteiger partial charge in [0.05, 0.1) is 5.69 Å². The Labute approximate surface area is 125 Å². The van der Waals surface area contributed by atoms with Crippen molar-refractivity contribution in [2.75, 3.05) is 19.0 Å². The first-order valence-electron chi connectivity index (χ1n) is 6.93. The molecule has 2 aromatic rings. The van der Waals surface area contributed by atoms with Crippen LogP contribution in [0.3, 0.4) is 0 Å². The van der Waals surface area contributed by atoms with Gasteiger partial charge in [0, 0.05) is 24.5 Å². The van der Waals surface area contributed by atoms with Crippen LogP contribution in [0, 0.1) is 13.8 Å². The van der Waals surface area contributed by atoms with Gasteiger partial charge in [-0.05, 0) is 38.9 Å². The van der Waals surface area contributed by atoms with Crippen molar-refractivity contribution in [3.8, 4) is 0 Å². The average Bonchev–Trinajstić information content (AvgIpc) is 2.82. The van der Waals surface area contributed by atoms with Crippen molar-refractivity contribution in [3.05, 3.63) is 46.0 Å². The maximum atomic E-state index is 4.71. The minimum absolute atomic E-state index is 0.355. The number of nitrogens with one attached hydrogen (secondary N) is 1. The number of thiazole rings is 1. The van der Waals surface area contributed by atoms with Crippen LogP contribution in [0.1, 0.15) is 34.7 Å². The van der Waals surface area contributed by atoms with Crippen LogP contribution in [0.4, 0.5) is 5.13 Å². The normalized spacial score (nSPS) is 12.4. The lowest BCUT2D eigenvalue weighted by atomic mass is 10.1. The van der Waals surface area contributed by atoms with E-state index in [0.717, 1.165) is 17.4 Å². The van der Waals surface area contributed by atoms with E-state index < -0.39 is 0 Å². The maximum Gasteiger partial charge on any atom is 0.185 e. The van der Waals surface area contributed by atoms with Crippen molar-refractivity contribution in [2.24, 2.45) is 0 Å². The molecule has 1 aromatic heterocycles. The summed E-state index contributed by atoms with van der Waals surface area (Å²) in [6, 6.07) is 8.87. The molecule has 0 radical (unpaired) electrons. The SMILES string of the molecule is CNC(C)c1sc(N(C)Cc2ccccc2C)nc1C. The predicted molar refractivity (Wildman–Crippen MR) is 87.6 cm³/mol. The summed E-state index contributed by atoms with van der Waals surface area (Å²) in [5.41, 5.74) is 3.81. The average molecular weight is 289 g/mol. The Morgan fingerprint density at radius 3 is 2.65 bits per heavy atom. The fourth-order valence-corrected chi connectivity index (χ4v) is 3.29. The molecule has 1 N–H and O–H groups in total. The van der Waals surface area contributed by atoms with Gasteiger partial charge >= 0.3 is 0 Å². The Kier molecular flexibility index (Phi) is 4.78. The highest BCUT2D eigenvalue weighted by molar-refractivity contribution is 7.15. The summed E-state index contributed by atoms with van der Waals surface area (Å²) in [5.74, 6) is 0. The van der Waals surface area contributed by atoms with Gasteiger partial charge in [0.25, 0.3) is 0 Å². The fraction of sp³-hybridized carbons (Fsp3) is 0.438. The summed E-state index contributed by atoms with van der Waals surface area (Å²) < 4.78 is 0. The van der Waals surface area contributed by atoms with Crippen molar-refractivity contribution in [1.82, 2.24) is 10.3 Å². The summed E-state index contributed by atoms with van der Waals surface area (Å²) >= 11 is 1.78. The second-order valence-electron chi connectivity index (χ2n) is 5.24. The Morgan fingerprint density at radius 2 is 2.00 bits per heavy atom. The number of rotatable bonds is 5. The second-order valence-corrected chi connectivity index (χ2v) is 6.25. The van der Waals surface area contributed by atoms with Gasteiger partial charge in [0.15, 0.2) is 5.13 Å². The number of aromatic nitrogens is 1.